The minimum Gasteiger partial charge on any atom is -0.321 e. The summed E-state index contributed by atoms with van der Waals surface area (Å²) < 4.78 is 1.32. The molecule has 0 aliphatic carbocycles. The first-order valence-electron chi connectivity index (χ1n) is 8.06. The number of allylic oxidation sites excluding steroid dienone is 2. The van der Waals surface area contributed by atoms with Gasteiger partial charge in [-0.15, -0.1) is 0 Å². The van der Waals surface area contributed by atoms with Crippen LogP contribution in [0.5, 0.6) is 0 Å². The van der Waals surface area contributed by atoms with Crippen LogP contribution in [0.2, 0.25) is 0 Å². The van der Waals surface area contributed by atoms with Gasteiger partial charge in [-0.05, 0) is 26.3 Å². The van der Waals surface area contributed by atoms with Crippen LogP contribution in [-0.4, -0.2) is 19.8 Å². The number of nitrogens with two attached hydrogens (primary N) is 1. The van der Waals surface area contributed by atoms with E-state index in [2.05, 4.69) is 16.9 Å². The van der Waals surface area contributed by atoms with Crippen LogP contribution in [0.4, 0.5) is 5.00 Å². The molecule has 0 fully saturated rings. The highest BCUT2D eigenvalue weighted by atomic mass is 127. The van der Waals surface area contributed by atoms with E-state index in [1.165, 1.54) is 15.4 Å². The van der Waals surface area contributed by atoms with Gasteiger partial charge >= 0.3 is 5.00 Å². The number of unbranched alkanes of at least 4 members (excludes halogenated alkanes) is 1. The van der Waals surface area contributed by atoms with Gasteiger partial charge in [-0.2, -0.15) is 0 Å². The lowest BCUT2D eigenvalue weighted by Gasteiger charge is -2.18. The van der Waals surface area contributed by atoms with Gasteiger partial charge in [0.05, 0.1) is 32.7 Å². The number of carbonyl (C=O) groups excluding carboxylic acids is 1. The average molecular weight is 503 g/mol. The molecule has 0 saturated carbocycles. The Hall–Kier alpha value is -2.05. The highest BCUT2D eigenvalue weighted by molar-refractivity contribution is 14.1. The normalized spacial score (nSPS) is 12.1. The summed E-state index contributed by atoms with van der Waals surface area (Å²) >= 11 is 2.70. The predicted molar refractivity (Wildman–Crippen MR) is 117 cm³/mol. The molecule has 146 valence electrons. The van der Waals surface area contributed by atoms with Crippen molar-refractivity contribution in [1.82, 2.24) is 8.54 Å². The van der Waals surface area contributed by atoms with Gasteiger partial charge in [0.1, 0.15) is 0 Å². The van der Waals surface area contributed by atoms with Gasteiger partial charge in [0, 0.05) is 23.0 Å². The van der Waals surface area contributed by atoms with Crippen LogP contribution in [0.25, 0.3) is 0 Å². The number of hydrogen-bond acceptors (Lipinski definition) is 7. The van der Waals surface area contributed by atoms with Crippen molar-refractivity contribution in [2.24, 2.45) is 10.8 Å². The van der Waals surface area contributed by atoms with Gasteiger partial charge in [0.15, 0.2) is 5.82 Å². The van der Waals surface area contributed by atoms with Crippen molar-refractivity contribution in [2.45, 2.75) is 33.6 Å². The van der Waals surface area contributed by atoms with E-state index < -0.39 is 10.8 Å². The lowest BCUT2D eigenvalue weighted by molar-refractivity contribution is -0.380. The topological polar surface area (TPSA) is 114 Å². The molecule has 3 N–H and O–H groups in total. The van der Waals surface area contributed by atoms with E-state index in [9.17, 15) is 14.9 Å². The van der Waals surface area contributed by atoms with Crippen molar-refractivity contribution in [3.63, 3.8) is 0 Å². The van der Waals surface area contributed by atoms with Gasteiger partial charge in [-0.3, -0.25) is 14.9 Å². The van der Waals surface area contributed by atoms with Gasteiger partial charge in [0.25, 0.3) is 5.91 Å². The van der Waals surface area contributed by atoms with Crippen molar-refractivity contribution in [2.75, 3.05) is 0 Å². The number of aliphatic imine (C=N–C) groups is 1. The lowest BCUT2D eigenvalue weighted by atomic mass is 10.1. The monoisotopic (exact) mass is 503 g/mol. The van der Waals surface area contributed by atoms with E-state index in [1.54, 1.807) is 6.08 Å². The first-order chi connectivity index (χ1) is 12.7. The second-order valence-corrected chi connectivity index (χ2v) is 7.67. The Morgan fingerprint density at radius 1 is 1.52 bits per heavy atom. The molecular formula is C17H22IN5O3S. The molecule has 0 aromatic carbocycles. The Labute approximate surface area is 176 Å². The minimum atomic E-state index is -0.524. The third kappa shape index (κ3) is 6.88. The molecule has 0 aliphatic heterocycles. The molecular weight excluding hydrogens is 481 g/mol. The van der Waals surface area contributed by atoms with Crippen molar-refractivity contribution in [3.8, 4) is 0 Å². The van der Waals surface area contributed by atoms with E-state index in [0.29, 0.717) is 23.5 Å². The Kier molecular flexibility index (Phi) is 9.32. The molecule has 0 radical (unpaired) electrons. The number of hydrazine groups is 1. The zero-order valence-electron chi connectivity index (χ0n) is 15.4. The molecule has 1 amide bonds. The van der Waals surface area contributed by atoms with Crippen LogP contribution in [0.3, 0.4) is 0 Å². The number of nitro groups is 1. The summed E-state index contributed by atoms with van der Waals surface area (Å²) in [5, 5.41) is 13.6. The standard InChI is InChI=1S/C17H22IN5O3S/c1-5-7-8-13(12(6-2)16(22(18)19)20-11(3)4)21-17(24)14-9-10-15(27-14)23(25)26/h6,8-10H,2,5,7,19H2,1,3-4H3,(H,21,24)/b13-8-,16-12+. The molecule has 1 rings (SSSR count). The zero-order chi connectivity index (χ0) is 20.6. The molecule has 0 saturated heterocycles. The number of rotatable bonds is 9. The largest absolute Gasteiger partial charge is 0.324 e. The number of thiophene rings is 1. The van der Waals surface area contributed by atoms with E-state index in [1.807, 2.05) is 49.7 Å². The predicted octanol–water partition coefficient (Wildman–Crippen LogP) is 4.47. The highest BCUT2D eigenvalue weighted by Gasteiger charge is 2.19. The third-order valence-corrected chi connectivity index (χ3v) is 4.64. The molecule has 0 atom stereocenters. The summed E-state index contributed by atoms with van der Waals surface area (Å²) in [6.07, 6.45) is 5.01. The van der Waals surface area contributed by atoms with Gasteiger partial charge in [0.2, 0.25) is 0 Å². The van der Waals surface area contributed by atoms with Gasteiger partial charge < -0.3 is 5.32 Å². The van der Waals surface area contributed by atoms with Gasteiger partial charge in [-0.1, -0.05) is 43.4 Å². The van der Waals surface area contributed by atoms with Crippen molar-refractivity contribution in [3.05, 3.63) is 62.9 Å². The van der Waals surface area contributed by atoms with Crippen LogP contribution < -0.4 is 11.2 Å². The van der Waals surface area contributed by atoms with Crippen LogP contribution in [-0.2, 0) is 0 Å². The Morgan fingerprint density at radius 3 is 2.63 bits per heavy atom. The van der Waals surface area contributed by atoms with Crippen LogP contribution >= 0.6 is 34.2 Å². The Morgan fingerprint density at radius 2 is 2.19 bits per heavy atom. The Bertz CT molecular complexity index is 807. The number of hydrogen-bond donors (Lipinski definition) is 2. The quantitative estimate of drug-likeness (QED) is 0.0982. The highest BCUT2D eigenvalue weighted by Crippen LogP contribution is 2.25. The number of nitrogens with zero attached hydrogens (tertiary/aromatic N) is 3. The second-order valence-electron chi connectivity index (χ2n) is 5.57. The summed E-state index contributed by atoms with van der Waals surface area (Å²) in [5.41, 5.74) is 1.84. The van der Waals surface area contributed by atoms with E-state index >= 15 is 0 Å². The molecule has 8 nitrogen and oxygen atoms in total. The lowest BCUT2D eigenvalue weighted by Crippen LogP contribution is -2.26. The number of halogens is 1. The summed E-state index contributed by atoms with van der Waals surface area (Å²) in [6, 6.07) is 2.73. The zero-order valence-corrected chi connectivity index (χ0v) is 18.3. The molecule has 10 heteroatoms. The van der Waals surface area contributed by atoms with Crippen LogP contribution in [0, 0.1) is 10.1 Å². The first kappa shape index (κ1) is 23.0. The summed E-state index contributed by atoms with van der Waals surface area (Å²) in [6.45, 7) is 9.49. The second kappa shape index (κ2) is 10.9. The molecule has 0 unspecified atom stereocenters. The molecule has 1 heterocycles. The maximum atomic E-state index is 12.6. The first-order valence-corrected chi connectivity index (χ1v) is 9.84. The average Bonchev–Trinajstić information content (AvgIpc) is 3.09. The van der Waals surface area contributed by atoms with Crippen molar-refractivity contribution >= 4 is 50.8 Å². The van der Waals surface area contributed by atoms with E-state index in [4.69, 9.17) is 5.84 Å². The van der Waals surface area contributed by atoms with Crippen LogP contribution in [0.15, 0.2) is 52.9 Å². The fourth-order valence-electron chi connectivity index (χ4n) is 2.01. The van der Waals surface area contributed by atoms with E-state index in [-0.39, 0.29) is 9.88 Å². The van der Waals surface area contributed by atoms with Crippen LogP contribution in [0.1, 0.15) is 43.3 Å². The molecule has 0 bridgehead atoms. The minimum absolute atomic E-state index is 0.0917. The third-order valence-electron chi connectivity index (χ3n) is 3.15. The summed E-state index contributed by atoms with van der Waals surface area (Å²) in [4.78, 5) is 27.6. The van der Waals surface area contributed by atoms with E-state index in [0.717, 1.165) is 23.5 Å². The fraction of sp³-hybridized carbons (Fsp3) is 0.294. The maximum Gasteiger partial charge on any atom is 0.324 e. The summed E-state index contributed by atoms with van der Waals surface area (Å²) in [5.74, 6) is 5.90. The summed E-state index contributed by atoms with van der Waals surface area (Å²) in [7, 11) is 0. The smallest absolute Gasteiger partial charge is 0.321 e. The Balaban J connectivity index is 3.34. The number of amides is 1. The molecule has 0 aliphatic rings. The SMILES string of the molecule is C=CC(/C(=C/CCC)NC(=O)c1ccc([N+](=O)[O-])s1)=C(/N=C(C)C)N(N)I. The molecule has 27 heavy (non-hydrogen) atoms. The van der Waals surface area contributed by atoms with Gasteiger partial charge in [-0.25, -0.2) is 14.1 Å². The molecule has 1 aromatic heterocycles. The van der Waals surface area contributed by atoms with Crippen molar-refractivity contribution < 1.29 is 9.72 Å². The maximum absolute atomic E-state index is 12.6. The molecule has 1 aromatic rings. The van der Waals surface area contributed by atoms with Crippen molar-refractivity contribution in [1.29, 1.82) is 0 Å². The number of nitrogens with one attached hydrogen (secondary N) is 1. The fourth-order valence-corrected chi connectivity index (χ4v) is 3.09. The number of carbonyl (C=O) groups is 1. The molecule has 0 spiro atoms.